The number of Topliss-reactive ketones (excluding diaryl/α,β-unsaturated/α-hetero) is 1. The lowest BCUT2D eigenvalue weighted by molar-refractivity contribution is -0.140. The average Bonchev–Trinajstić information content (AvgIpc) is 2.05. The smallest absolute Gasteiger partial charge is 0.320 e. The number of carboxylic acid groups (broad SMARTS) is 1. The van der Waals surface area contributed by atoms with Crippen molar-refractivity contribution in [3.05, 3.63) is 0 Å². The number of ketones is 1. The van der Waals surface area contributed by atoms with Crippen molar-refractivity contribution in [1.82, 2.24) is 5.32 Å². The fourth-order valence-electron chi connectivity index (χ4n) is 1.06. The van der Waals surface area contributed by atoms with E-state index in [1.807, 2.05) is 0 Å². The Hall–Kier alpha value is -0.900. The van der Waals surface area contributed by atoms with Crippen LogP contribution in [0.3, 0.4) is 0 Å². The molecule has 1 aliphatic rings. The molecule has 1 atom stereocenters. The first-order chi connectivity index (χ1) is 6.04. The molecule has 1 unspecified atom stereocenters. The van der Waals surface area contributed by atoms with Crippen LogP contribution in [0.25, 0.3) is 0 Å². The minimum absolute atomic E-state index is 0.167. The lowest BCUT2D eigenvalue weighted by atomic mass is 10.1. The van der Waals surface area contributed by atoms with E-state index in [1.165, 1.54) is 13.8 Å². The molecule has 0 aromatic carbocycles. The highest BCUT2D eigenvalue weighted by Crippen LogP contribution is 2.05. The first-order valence-corrected chi connectivity index (χ1v) is 4.47. The molecule has 1 aliphatic heterocycles. The highest BCUT2D eigenvalue weighted by molar-refractivity contribution is 5.73. The van der Waals surface area contributed by atoms with Gasteiger partial charge in [-0.3, -0.25) is 4.79 Å². The molecule has 0 aromatic heterocycles. The first kappa shape index (κ1) is 12.1. The van der Waals surface area contributed by atoms with Crippen LogP contribution in [0.15, 0.2) is 0 Å². The van der Waals surface area contributed by atoms with Crippen LogP contribution in [-0.4, -0.2) is 29.4 Å². The summed E-state index contributed by atoms with van der Waals surface area (Å²) in [5.74, 6) is -0.547. The van der Waals surface area contributed by atoms with Crippen LogP contribution in [0.4, 0.5) is 0 Å². The molecule has 1 saturated heterocycles. The van der Waals surface area contributed by atoms with Crippen LogP contribution in [0.2, 0.25) is 0 Å². The Morgan fingerprint density at radius 2 is 1.85 bits per heavy atom. The predicted octanol–water partition coefficient (Wildman–Crippen LogP) is 0.808. The molecular formula is C9H17NO3. The van der Waals surface area contributed by atoms with E-state index in [2.05, 4.69) is 5.32 Å². The SMILES string of the molecule is CC(C)=O.O=C(O)C1CCCCN1. The molecule has 0 aromatic rings. The topological polar surface area (TPSA) is 66.4 Å². The van der Waals surface area contributed by atoms with Gasteiger partial charge >= 0.3 is 5.97 Å². The van der Waals surface area contributed by atoms with Gasteiger partial charge in [-0.1, -0.05) is 6.42 Å². The van der Waals surface area contributed by atoms with E-state index in [0.29, 0.717) is 0 Å². The minimum Gasteiger partial charge on any atom is -0.480 e. The Balaban J connectivity index is 0.000000310. The molecule has 76 valence electrons. The van der Waals surface area contributed by atoms with Crippen molar-refractivity contribution < 1.29 is 14.7 Å². The van der Waals surface area contributed by atoms with Gasteiger partial charge in [0, 0.05) is 0 Å². The highest BCUT2D eigenvalue weighted by atomic mass is 16.4. The Bertz CT molecular complexity index is 170. The average molecular weight is 187 g/mol. The van der Waals surface area contributed by atoms with Crippen molar-refractivity contribution in [2.75, 3.05) is 6.54 Å². The zero-order chi connectivity index (χ0) is 10.3. The molecule has 1 heterocycles. The summed E-state index contributed by atoms with van der Waals surface area (Å²) in [5, 5.41) is 11.4. The van der Waals surface area contributed by atoms with Crippen molar-refractivity contribution in [3.8, 4) is 0 Å². The number of nitrogens with one attached hydrogen (secondary N) is 1. The summed E-state index contributed by atoms with van der Waals surface area (Å²) in [6.45, 7) is 3.91. The maximum atomic E-state index is 10.3. The molecule has 0 amide bonds. The zero-order valence-electron chi connectivity index (χ0n) is 8.17. The van der Waals surface area contributed by atoms with Gasteiger partial charge in [0.15, 0.2) is 0 Å². The lowest BCUT2D eigenvalue weighted by Gasteiger charge is -2.18. The number of carbonyl (C=O) groups is 2. The Morgan fingerprint density at radius 3 is 2.08 bits per heavy atom. The van der Waals surface area contributed by atoms with Gasteiger partial charge in [-0.15, -0.1) is 0 Å². The van der Waals surface area contributed by atoms with Crippen molar-refractivity contribution in [2.45, 2.75) is 39.2 Å². The molecule has 1 rings (SSSR count). The second kappa shape index (κ2) is 6.60. The summed E-state index contributed by atoms with van der Waals surface area (Å²) in [6.07, 6.45) is 2.95. The normalized spacial score (nSPS) is 21.2. The number of rotatable bonds is 1. The molecular weight excluding hydrogens is 170 g/mol. The zero-order valence-corrected chi connectivity index (χ0v) is 8.17. The van der Waals surface area contributed by atoms with Crippen LogP contribution in [0, 0.1) is 0 Å². The molecule has 4 nitrogen and oxygen atoms in total. The Kier molecular flexibility index (Phi) is 6.14. The van der Waals surface area contributed by atoms with E-state index in [1.54, 1.807) is 0 Å². The van der Waals surface area contributed by atoms with Gasteiger partial charge in [0.1, 0.15) is 11.8 Å². The molecule has 0 bridgehead atoms. The third-order valence-corrected chi connectivity index (χ3v) is 1.61. The largest absolute Gasteiger partial charge is 0.480 e. The first-order valence-electron chi connectivity index (χ1n) is 4.47. The van der Waals surface area contributed by atoms with E-state index >= 15 is 0 Å². The third-order valence-electron chi connectivity index (χ3n) is 1.61. The number of aliphatic carboxylic acids is 1. The fraction of sp³-hybridized carbons (Fsp3) is 0.778. The van der Waals surface area contributed by atoms with E-state index in [-0.39, 0.29) is 11.8 Å². The molecule has 4 heteroatoms. The van der Waals surface area contributed by atoms with E-state index < -0.39 is 5.97 Å². The molecule has 0 radical (unpaired) electrons. The van der Waals surface area contributed by atoms with E-state index in [4.69, 9.17) is 5.11 Å². The summed E-state index contributed by atoms with van der Waals surface area (Å²) >= 11 is 0. The van der Waals surface area contributed by atoms with Gasteiger partial charge < -0.3 is 15.2 Å². The van der Waals surface area contributed by atoms with Crippen molar-refractivity contribution in [1.29, 1.82) is 0 Å². The lowest BCUT2D eigenvalue weighted by Crippen LogP contribution is -2.40. The van der Waals surface area contributed by atoms with E-state index in [9.17, 15) is 9.59 Å². The molecule has 2 N–H and O–H groups in total. The summed E-state index contributed by atoms with van der Waals surface area (Å²) in [7, 11) is 0. The van der Waals surface area contributed by atoms with Gasteiger partial charge in [0.05, 0.1) is 0 Å². The van der Waals surface area contributed by atoms with Gasteiger partial charge in [0.25, 0.3) is 0 Å². The monoisotopic (exact) mass is 187 g/mol. The molecule has 13 heavy (non-hydrogen) atoms. The van der Waals surface area contributed by atoms with Crippen LogP contribution in [0.1, 0.15) is 33.1 Å². The predicted molar refractivity (Wildman–Crippen MR) is 49.6 cm³/mol. The number of carboxylic acids is 1. The molecule has 0 saturated carbocycles. The van der Waals surface area contributed by atoms with Gasteiger partial charge in [-0.25, -0.2) is 0 Å². The number of hydrogen-bond donors (Lipinski definition) is 2. The number of piperidine rings is 1. The maximum Gasteiger partial charge on any atom is 0.320 e. The number of carbonyl (C=O) groups excluding carboxylic acids is 1. The molecule has 1 fully saturated rings. The van der Waals surface area contributed by atoms with Crippen LogP contribution in [0.5, 0.6) is 0 Å². The van der Waals surface area contributed by atoms with Gasteiger partial charge in [-0.2, -0.15) is 0 Å². The van der Waals surface area contributed by atoms with Gasteiger partial charge in [0.2, 0.25) is 0 Å². The van der Waals surface area contributed by atoms with Gasteiger partial charge in [-0.05, 0) is 33.2 Å². The van der Waals surface area contributed by atoms with Crippen molar-refractivity contribution in [2.24, 2.45) is 0 Å². The Morgan fingerprint density at radius 1 is 1.31 bits per heavy atom. The Labute approximate surface area is 78.3 Å². The van der Waals surface area contributed by atoms with Crippen molar-refractivity contribution >= 4 is 11.8 Å². The summed E-state index contributed by atoms with van der Waals surface area (Å²) in [5.41, 5.74) is 0. The third kappa shape index (κ3) is 7.46. The fourth-order valence-corrected chi connectivity index (χ4v) is 1.06. The van der Waals surface area contributed by atoms with E-state index in [0.717, 1.165) is 25.8 Å². The molecule has 0 spiro atoms. The minimum atomic E-state index is -0.713. The quantitative estimate of drug-likeness (QED) is 0.637. The van der Waals surface area contributed by atoms with Crippen LogP contribution >= 0.6 is 0 Å². The van der Waals surface area contributed by atoms with Crippen molar-refractivity contribution in [3.63, 3.8) is 0 Å². The number of hydrogen-bond acceptors (Lipinski definition) is 3. The standard InChI is InChI=1S/C6H11NO2.C3H6O/c8-6(9)5-3-1-2-4-7-5;1-3(2)4/h5,7H,1-4H2,(H,8,9);1-2H3. The molecule has 0 aliphatic carbocycles. The summed E-state index contributed by atoms with van der Waals surface area (Å²) < 4.78 is 0. The summed E-state index contributed by atoms with van der Waals surface area (Å²) in [4.78, 5) is 19.7. The van der Waals surface area contributed by atoms with Crippen LogP contribution < -0.4 is 5.32 Å². The highest BCUT2D eigenvalue weighted by Gasteiger charge is 2.18. The second-order valence-corrected chi connectivity index (χ2v) is 3.25. The van der Waals surface area contributed by atoms with Crippen LogP contribution in [-0.2, 0) is 9.59 Å². The summed E-state index contributed by atoms with van der Waals surface area (Å²) in [6, 6.07) is -0.279. The second-order valence-electron chi connectivity index (χ2n) is 3.25. The maximum absolute atomic E-state index is 10.3.